The van der Waals surface area contributed by atoms with Gasteiger partial charge in [-0.25, -0.2) is 0 Å². The molecule has 0 saturated heterocycles. The van der Waals surface area contributed by atoms with E-state index in [9.17, 15) is 15.0 Å². The third kappa shape index (κ3) is 4.60. The summed E-state index contributed by atoms with van der Waals surface area (Å²) >= 11 is 0. The monoisotopic (exact) mass is 326 g/mol. The zero-order valence-corrected chi connectivity index (χ0v) is 14.2. The van der Waals surface area contributed by atoms with Crippen LogP contribution >= 0.6 is 0 Å². The van der Waals surface area contributed by atoms with Crippen molar-refractivity contribution in [1.29, 1.82) is 5.41 Å². The number of nitrogens with one attached hydrogen (secondary N) is 3. The molecule has 7 nitrogen and oxygen atoms in total. The van der Waals surface area contributed by atoms with Gasteiger partial charge in [0.2, 0.25) is 0 Å². The van der Waals surface area contributed by atoms with E-state index in [-0.39, 0.29) is 36.3 Å². The van der Waals surface area contributed by atoms with Gasteiger partial charge in [0, 0.05) is 23.7 Å². The van der Waals surface area contributed by atoms with E-state index in [4.69, 9.17) is 11.1 Å². The summed E-state index contributed by atoms with van der Waals surface area (Å²) in [6.07, 6.45) is 1.04. The summed E-state index contributed by atoms with van der Waals surface area (Å²) in [6.45, 7) is 9.88. The number of aliphatic hydroxyl groups excluding tert-OH is 1. The van der Waals surface area contributed by atoms with Gasteiger partial charge in [0.15, 0.2) is 5.96 Å². The van der Waals surface area contributed by atoms with Crippen molar-refractivity contribution in [3.63, 3.8) is 0 Å². The predicted octanol–water partition coefficient (Wildman–Crippen LogP) is 0.848. The minimum atomic E-state index is -1.02. The molecule has 1 aliphatic rings. The fraction of sp³-hybridized carbons (Fsp3) is 0.750. The van der Waals surface area contributed by atoms with Crippen molar-refractivity contribution in [3.05, 3.63) is 12.3 Å². The number of hydrogen-bond donors (Lipinski definition) is 6. The van der Waals surface area contributed by atoms with Crippen molar-refractivity contribution in [1.82, 2.24) is 10.6 Å². The molecule has 23 heavy (non-hydrogen) atoms. The average Bonchev–Trinajstić information content (AvgIpc) is 2.74. The highest BCUT2D eigenvalue weighted by atomic mass is 16.4. The number of aliphatic hydroxyl groups is 1. The molecule has 1 fully saturated rings. The van der Waals surface area contributed by atoms with Crippen LogP contribution in [0.25, 0.3) is 0 Å². The van der Waals surface area contributed by atoms with Crippen LogP contribution < -0.4 is 16.4 Å². The second-order valence-electron chi connectivity index (χ2n) is 6.44. The van der Waals surface area contributed by atoms with Gasteiger partial charge in [-0.05, 0) is 19.3 Å². The van der Waals surface area contributed by atoms with Gasteiger partial charge in [-0.1, -0.05) is 33.3 Å². The van der Waals surface area contributed by atoms with Gasteiger partial charge in [-0.2, -0.15) is 0 Å². The molecule has 132 valence electrons. The third-order valence-corrected chi connectivity index (χ3v) is 4.82. The van der Waals surface area contributed by atoms with Crippen LogP contribution in [0.4, 0.5) is 0 Å². The number of guanidine groups is 1. The number of allylic oxidation sites excluding steroid dienone is 1. The van der Waals surface area contributed by atoms with E-state index >= 15 is 0 Å². The van der Waals surface area contributed by atoms with Gasteiger partial charge in [0.1, 0.15) is 0 Å². The highest BCUT2D eigenvalue weighted by Crippen LogP contribution is 2.38. The predicted molar refractivity (Wildman–Crippen MR) is 89.9 cm³/mol. The first-order chi connectivity index (χ1) is 10.7. The number of carbonyl (C=O) groups is 1. The first-order valence-corrected chi connectivity index (χ1v) is 8.16. The summed E-state index contributed by atoms with van der Waals surface area (Å²) in [5.41, 5.74) is 6.22. The molecule has 1 saturated carbocycles. The van der Waals surface area contributed by atoms with Crippen LogP contribution in [-0.4, -0.2) is 40.3 Å². The maximum atomic E-state index is 11.4. The maximum absolute atomic E-state index is 11.4. The number of aliphatic carboxylic acids is 1. The molecule has 7 heteroatoms. The lowest BCUT2D eigenvalue weighted by Gasteiger charge is -2.37. The van der Waals surface area contributed by atoms with Gasteiger partial charge in [-0.15, -0.1) is 0 Å². The van der Waals surface area contributed by atoms with E-state index in [2.05, 4.69) is 31.1 Å². The van der Waals surface area contributed by atoms with E-state index in [1.54, 1.807) is 0 Å². The molecule has 0 heterocycles. The first kappa shape index (κ1) is 19.3. The molecular formula is C16H30N4O3. The minimum absolute atomic E-state index is 0.126. The molecule has 0 aliphatic heterocycles. The van der Waals surface area contributed by atoms with Crippen LogP contribution in [0.15, 0.2) is 12.3 Å². The molecule has 1 rings (SSSR count). The fourth-order valence-electron chi connectivity index (χ4n) is 3.75. The van der Waals surface area contributed by atoms with Crippen LogP contribution in [0.5, 0.6) is 0 Å². The van der Waals surface area contributed by atoms with Crippen molar-refractivity contribution in [3.8, 4) is 0 Å². The van der Waals surface area contributed by atoms with Crippen molar-refractivity contribution in [2.75, 3.05) is 0 Å². The molecule has 0 unspecified atom stereocenters. The van der Waals surface area contributed by atoms with Crippen molar-refractivity contribution in [2.45, 2.75) is 58.2 Å². The lowest BCUT2D eigenvalue weighted by molar-refractivity contribution is -0.145. The molecule has 5 atom stereocenters. The SMILES string of the molecule is C=C(C)N[C@H](C(CC)CC)[C@@H]1[C@H](O)[C@@H](C(=O)O)C[C@H]1NC(=N)N. The highest BCUT2D eigenvalue weighted by Gasteiger charge is 2.50. The Hall–Kier alpha value is -1.76. The summed E-state index contributed by atoms with van der Waals surface area (Å²) in [7, 11) is 0. The van der Waals surface area contributed by atoms with E-state index in [0.717, 1.165) is 18.5 Å². The van der Waals surface area contributed by atoms with Crippen molar-refractivity contribution < 1.29 is 15.0 Å². The molecule has 0 aromatic rings. The minimum Gasteiger partial charge on any atom is -0.481 e. The quantitative estimate of drug-likeness (QED) is 0.289. The molecule has 0 spiro atoms. The van der Waals surface area contributed by atoms with E-state index in [0.29, 0.717) is 0 Å². The van der Waals surface area contributed by atoms with Crippen LogP contribution in [0, 0.1) is 23.2 Å². The number of carboxylic acid groups (broad SMARTS) is 1. The van der Waals surface area contributed by atoms with Crippen LogP contribution in [0.3, 0.4) is 0 Å². The smallest absolute Gasteiger partial charge is 0.309 e. The van der Waals surface area contributed by atoms with Gasteiger partial charge >= 0.3 is 5.97 Å². The third-order valence-electron chi connectivity index (χ3n) is 4.82. The summed E-state index contributed by atoms with van der Waals surface area (Å²) in [5.74, 6) is -2.19. The lowest BCUT2D eigenvalue weighted by atomic mass is 9.80. The Labute approximate surface area is 137 Å². The second-order valence-corrected chi connectivity index (χ2v) is 6.44. The molecule has 0 radical (unpaired) electrons. The second kappa shape index (κ2) is 8.19. The van der Waals surface area contributed by atoms with Crippen LogP contribution in [0.1, 0.15) is 40.0 Å². The standard InChI is InChI=1S/C16H30N4O3/c1-5-9(6-2)13(19-8(3)4)12-11(20-16(17)18)7-10(14(12)21)15(22)23/h9-14,19,21H,3,5-7H2,1-2,4H3,(H,22,23)(H4,17,18,20)/t10-,11+,12+,13+,14+/m0/s1. The normalized spacial score (nSPS) is 28.4. The first-order valence-electron chi connectivity index (χ1n) is 8.16. The van der Waals surface area contributed by atoms with E-state index < -0.39 is 18.0 Å². The fourth-order valence-corrected chi connectivity index (χ4v) is 3.75. The van der Waals surface area contributed by atoms with Gasteiger partial charge < -0.3 is 26.6 Å². The summed E-state index contributed by atoms with van der Waals surface area (Å²) in [6, 6.07) is -0.486. The summed E-state index contributed by atoms with van der Waals surface area (Å²) in [5, 5.41) is 33.6. The number of hydrogen-bond acceptors (Lipinski definition) is 4. The zero-order chi connectivity index (χ0) is 17.7. The van der Waals surface area contributed by atoms with E-state index in [1.807, 2.05) is 6.92 Å². The zero-order valence-electron chi connectivity index (χ0n) is 14.2. The van der Waals surface area contributed by atoms with Gasteiger partial charge in [0.25, 0.3) is 0 Å². The Morgan fingerprint density at radius 1 is 1.43 bits per heavy atom. The van der Waals surface area contributed by atoms with Crippen molar-refractivity contribution >= 4 is 11.9 Å². The Balaban J connectivity index is 3.17. The average molecular weight is 326 g/mol. The van der Waals surface area contributed by atoms with Gasteiger partial charge in [-0.3, -0.25) is 10.2 Å². The van der Waals surface area contributed by atoms with E-state index in [1.165, 1.54) is 0 Å². The number of carboxylic acids is 1. The number of nitrogens with two attached hydrogens (primary N) is 1. The maximum Gasteiger partial charge on any atom is 0.309 e. The molecular weight excluding hydrogens is 296 g/mol. The van der Waals surface area contributed by atoms with Crippen molar-refractivity contribution in [2.24, 2.45) is 23.5 Å². The Morgan fingerprint density at radius 2 is 2.00 bits per heavy atom. The molecule has 0 bridgehead atoms. The Kier molecular flexibility index (Phi) is 6.87. The Morgan fingerprint density at radius 3 is 2.39 bits per heavy atom. The summed E-state index contributed by atoms with van der Waals surface area (Å²) < 4.78 is 0. The topological polar surface area (TPSA) is 131 Å². The molecule has 0 aromatic heterocycles. The van der Waals surface area contributed by atoms with Crippen LogP contribution in [0.2, 0.25) is 0 Å². The highest BCUT2D eigenvalue weighted by molar-refractivity contribution is 5.75. The molecule has 0 amide bonds. The number of rotatable bonds is 8. The lowest BCUT2D eigenvalue weighted by Crippen LogP contribution is -2.53. The van der Waals surface area contributed by atoms with Gasteiger partial charge in [0.05, 0.1) is 12.0 Å². The Bertz CT molecular complexity index is 451. The molecule has 7 N–H and O–H groups in total. The molecule has 1 aliphatic carbocycles. The summed E-state index contributed by atoms with van der Waals surface area (Å²) in [4.78, 5) is 11.4. The molecule has 0 aromatic carbocycles. The largest absolute Gasteiger partial charge is 0.481 e. The van der Waals surface area contributed by atoms with Crippen LogP contribution in [-0.2, 0) is 4.79 Å².